The van der Waals surface area contributed by atoms with Crippen molar-refractivity contribution >= 4 is 11.8 Å². The minimum atomic E-state index is 0.0202. The average molecular weight is 398 g/mol. The molecule has 30 heavy (non-hydrogen) atoms. The van der Waals surface area contributed by atoms with Gasteiger partial charge in [-0.2, -0.15) is 0 Å². The van der Waals surface area contributed by atoms with Crippen molar-refractivity contribution in [2.45, 2.75) is 32.7 Å². The first-order chi connectivity index (χ1) is 14.4. The SMILES string of the molecule is CC(C)(C)c1ccc2c(c1)C(=CNCc1cc(=O)c(-c3ccccc3)c[nH]1)CN=C2. The number of aromatic amines is 1. The molecule has 0 bridgehead atoms. The molecular formula is C26H27N3O. The van der Waals surface area contributed by atoms with Gasteiger partial charge in [0, 0.05) is 35.9 Å². The fraction of sp³-hybridized carbons (Fsp3) is 0.231. The molecule has 4 nitrogen and oxygen atoms in total. The topological polar surface area (TPSA) is 57.2 Å². The number of hydrogen-bond donors (Lipinski definition) is 2. The monoisotopic (exact) mass is 397 g/mol. The number of rotatable bonds is 4. The van der Waals surface area contributed by atoms with Crippen molar-refractivity contribution in [1.29, 1.82) is 0 Å². The van der Waals surface area contributed by atoms with Crippen molar-refractivity contribution in [3.8, 4) is 11.1 Å². The van der Waals surface area contributed by atoms with E-state index in [9.17, 15) is 4.79 Å². The third-order valence-corrected chi connectivity index (χ3v) is 5.38. The number of hydrogen-bond acceptors (Lipinski definition) is 3. The zero-order chi connectivity index (χ0) is 21.1. The lowest BCUT2D eigenvalue weighted by atomic mass is 9.84. The highest BCUT2D eigenvalue weighted by atomic mass is 16.1. The van der Waals surface area contributed by atoms with Gasteiger partial charge in [0.05, 0.1) is 13.1 Å². The zero-order valence-electron chi connectivity index (χ0n) is 17.7. The van der Waals surface area contributed by atoms with Crippen LogP contribution in [0.3, 0.4) is 0 Å². The summed E-state index contributed by atoms with van der Waals surface area (Å²) in [5.41, 5.74) is 7.40. The van der Waals surface area contributed by atoms with Gasteiger partial charge in [-0.15, -0.1) is 0 Å². The molecule has 0 radical (unpaired) electrons. The summed E-state index contributed by atoms with van der Waals surface area (Å²) in [6.45, 7) is 7.87. The van der Waals surface area contributed by atoms with Gasteiger partial charge in [-0.1, -0.05) is 69.3 Å². The molecule has 4 rings (SSSR count). The molecule has 2 aromatic carbocycles. The minimum absolute atomic E-state index is 0.0202. The van der Waals surface area contributed by atoms with E-state index >= 15 is 0 Å². The predicted molar refractivity (Wildman–Crippen MR) is 125 cm³/mol. The molecule has 2 N–H and O–H groups in total. The summed E-state index contributed by atoms with van der Waals surface area (Å²) in [5, 5.41) is 3.35. The Balaban J connectivity index is 1.51. The first kappa shape index (κ1) is 19.9. The lowest BCUT2D eigenvalue weighted by molar-refractivity contribution is 0.590. The number of pyridine rings is 1. The van der Waals surface area contributed by atoms with E-state index in [-0.39, 0.29) is 10.8 Å². The molecule has 3 aromatic rings. The molecule has 0 spiro atoms. The molecule has 0 unspecified atom stereocenters. The van der Waals surface area contributed by atoms with E-state index in [1.807, 2.05) is 42.7 Å². The van der Waals surface area contributed by atoms with Crippen molar-refractivity contribution in [3.05, 3.63) is 99.6 Å². The second-order valence-corrected chi connectivity index (χ2v) is 8.67. The van der Waals surface area contributed by atoms with E-state index in [1.165, 1.54) is 11.1 Å². The Bertz CT molecular complexity index is 1160. The second-order valence-electron chi connectivity index (χ2n) is 8.67. The third kappa shape index (κ3) is 4.28. The van der Waals surface area contributed by atoms with Crippen LogP contribution in [0.4, 0.5) is 0 Å². The van der Waals surface area contributed by atoms with Crippen LogP contribution in [0.1, 0.15) is 43.2 Å². The van der Waals surface area contributed by atoms with Crippen molar-refractivity contribution < 1.29 is 0 Å². The summed E-state index contributed by atoms with van der Waals surface area (Å²) >= 11 is 0. The van der Waals surface area contributed by atoms with Crippen molar-refractivity contribution in [1.82, 2.24) is 10.3 Å². The molecule has 1 aliphatic heterocycles. The van der Waals surface area contributed by atoms with E-state index in [2.05, 4.69) is 54.3 Å². The number of aliphatic imine (C=N–C) groups is 1. The fourth-order valence-corrected chi connectivity index (χ4v) is 3.61. The molecule has 152 valence electrons. The smallest absolute Gasteiger partial charge is 0.189 e. The Morgan fingerprint density at radius 2 is 1.87 bits per heavy atom. The molecular weight excluding hydrogens is 370 g/mol. The van der Waals surface area contributed by atoms with Crippen LogP contribution in [-0.2, 0) is 12.0 Å². The molecule has 0 atom stereocenters. The third-order valence-electron chi connectivity index (χ3n) is 5.38. The molecule has 0 amide bonds. The summed E-state index contributed by atoms with van der Waals surface area (Å²) in [4.78, 5) is 20.2. The standard InChI is InChI=1S/C26H27N3O/c1-26(2,3)21-10-9-19-13-27-14-20(23(19)11-21)15-28-16-22-12-25(30)24(17-29-22)18-7-5-4-6-8-18/h4-13,15,17,28H,14,16H2,1-3H3,(H,29,30). The van der Waals surface area contributed by atoms with E-state index in [1.54, 1.807) is 12.3 Å². The van der Waals surface area contributed by atoms with Crippen molar-refractivity contribution in [3.63, 3.8) is 0 Å². The van der Waals surface area contributed by atoms with Crippen LogP contribution < -0.4 is 10.7 Å². The van der Waals surface area contributed by atoms with E-state index < -0.39 is 0 Å². The maximum atomic E-state index is 12.5. The molecule has 1 aliphatic rings. The number of fused-ring (bicyclic) bond motifs is 1. The van der Waals surface area contributed by atoms with Crippen LogP contribution in [0.25, 0.3) is 16.7 Å². The zero-order valence-corrected chi connectivity index (χ0v) is 17.7. The van der Waals surface area contributed by atoms with Gasteiger partial charge in [0.25, 0.3) is 0 Å². The summed E-state index contributed by atoms with van der Waals surface area (Å²) in [6.07, 6.45) is 5.75. The quantitative estimate of drug-likeness (QED) is 0.658. The molecule has 0 fully saturated rings. The Hall–Kier alpha value is -3.40. The lowest BCUT2D eigenvalue weighted by Gasteiger charge is -2.22. The largest absolute Gasteiger partial charge is 0.385 e. The highest BCUT2D eigenvalue weighted by Gasteiger charge is 2.18. The summed E-state index contributed by atoms with van der Waals surface area (Å²) < 4.78 is 0. The van der Waals surface area contributed by atoms with Gasteiger partial charge in [-0.3, -0.25) is 9.79 Å². The Kier molecular flexibility index (Phi) is 5.40. The van der Waals surface area contributed by atoms with Gasteiger partial charge in [0.15, 0.2) is 5.43 Å². The highest BCUT2D eigenvalue weighted by molar-refractivity contribution is 5.92. The normalized spacial score (nSPS) is 14.6. The van der Waals surface area contributed by atoms with Gasteiger partial charge in [0.1, 0.15) is 0 Å². The molecule has 0 saturated carbocycles. The Morgan fingerprint density at radius 1 is 1.07 bits per heavy atom. The van der Waals surface area contributed by atoms with Gasteiger partial charge < -0.3 is 10.3 Å². The number of nitrogens with one attached hydrogen (secondary N) is 2. The Morgan fingerprint density at radius 3 is 2.60 bits per heavy atom. The molecule has 4 heteroatoms. The number of benzene rings is 2. The Labute approximate surface area is 177 Å². The van der Waals surface area contributed by atoms with Crippen LogP contribution in [0.5, 0.6) is 0 Å². The maximum Gasteiger partial charge on any atom is 0.189 e. The fourth-order valence-electron chi connectivity index (χ4n) is 3.61. The van der Waals surface area contributed by atoms with Crippen LogP contribution in [0.15, 0.2) is 76.8 Å². The lowest BCUT2D eigenvalue weighted by Crippen LogP contribution is -2.15. The van der Waals surface area contributed by atoms with Crippen LogP contribution in [0, 0.1) is 0 Å². The van der Waals surface area contributed by atoms with E-state index in [0.717, 1.165) is 22.4 Å². The molecule has 2 heterocycles. The molecule has 0 saturated heterocycles. The van der Waals surface area contributed by atoms with E-state index in [0.29, 0.717) is 18.7 Å². The maximum absolute atomic E-state index is 12.5. The van der Waals surface area contributed by atoms with Gasteiger partial charge >= 0.3 is 0 Å². The van der Waals surface area contributed by atoms with Gasteiger partial charge in [-0.25, -0.2) is 0 Å². The highest BCUT2D eigenvalue weighted by Crippen LogP contribution is 2.29. The average Bonchev–Trinajstić information content (AvgIpc) is 2.73. The molecule has 0 aliphatic carbocycles. The summed E-state index contributed by atoms with van der Waals surface area (Å²) in [6, 6.07) is 18.0. The van der Waals surface area contributed by atoms with E-state index in [4.69, 9.17) is 0 Å². The second kappa shape index (κ2) is 8.15. The van der Waals surface area contributed by atoms with Gasteiger partial charge in [0.2, 0.25) is 0 Å². The van der Waals surface area contributed by atoms with Gasteiger partial charge in [-0.05, 0) is 33.2 Å². The number of nitrogens with zero attached hydrogens (tertiary/aromatic N) is 1. The van der Waals surface area contributed by atoms with Crippen molar-refractivity contribution in [2.24, 2.45) is 4.99 Å². The van der Waals surface area contributed by atoms with Crippen molar-refractivity contribution in [2.75, 3.05) is 6.54 Å². The number of aromatic nitrogens is 1. The number of H-pyrrole nitrogens is 1. The predicted octanol–water partition coefficient (Wildman–Crippen LogP) is 4.90. The first-order valence-electron chi connectivity index (χ1n) is 10.3. The van der Waals surface area contributed by atoms with Crippen LogP contribution >= 0.6 is 0 Å². The minimum Gasteiger partial charge on any atom is -0.385 e. The molecule has 1 aromatic heterocycles. The summed E-state index contributed by atoms with van der Waals surface area (Å²) in [5.74, 6) is 0. The van der Waals surface area contributed by atoms with Crippen LogP contribution in [0.2, 0.25) is 0 Å². The first-order valence-corrected chi connectivity index (χ1v) is 10.3. The summed E-state index contributed by atoms with van der Waals surface area (Å²) in [7, 11) is 0. The van der Waals surface area contributed by atoms with Crippen LogP contribution in [-0.4, -0.2) is 17.7 Å².